The minimum Gasteiger partial charge on any atom is -0.390 e. The van der Waals surface area contributed by atoms with Gasteiger partial charge in [-0.05, 0) is 24.1 Å². The number of carbonyl (C=O) groups excluding carboxylic acids is 1. The summed E-state index contributed by atoms with van der Waals surface area (Å²) < 4.78 is 28.2. The minimum absolute atomic E-state index is 0.112. The molecule has 12 nitrogen and oxygen atoms in total. The third kappa shape index (κ3) is 6.01. The van der Waals surface area contributed by atoms with Gasteiger partial charge in [-0.1, -0.05) is 29.8 Å². The van der Waals surface area contributed by atoms with E-state index in [4.69, 9.17) is 16.7 Å². The van der Waals surface area contributed by atoms with Crippen molar-refractivity contribution in [2.45, 2.75) is 31.2 Å². The van der Waals surface area contributed by atoms with Gasteiger partial charge < -0.3 is 15.5 Å². The molecule has 0 radical (unpaired) electrons. The molecular formula is C21H23ClN6O6S. The maximum absolute atomic E-state index is 13.2. The summed E-state index contributed by atoms with van der Waals surface area (Å²) in [6.07, 6.45) is 1.81. The largest absolute Gasteiger partial charge is 0.390 e. The molecule has 0 saturated heterocycles. The highest BCUT2D eigenvalue weighted by molar-refractivity contribution is 7.84. The van der Waals surface area contributed by atoms with Crippen LogP contribution in [-0.4, -0.2) is 69.0 Å². The van der Waals surface area contributed by atoms with E-state index in [1.54, 1.807) is 23.0 Å². The van der Waals surface area contributed by atoms with Crippen LogP contribution in [-0.2, 0) is 21.0 Å². The second kappa shape index (κ2) is 10.4. The van der Waals surface area contributed by atoms with Crippen LogP contribution < -0.4 is 10.5 Å². The van der Waals surface area contributed by atoms with Crippen molar-refractivity contribution in [1.82, 2.24) is 19.7 Å². The zero-order valence-corrected chi connectivity index (χ0v) is 19.8. The summed E-state index contributed by atoms with van der Waals surface area (Å²) in [6, 6.07) is 8.13. The van der Waals surface area contributed by atoms with Gasteiger partial charge in [-0.15, -0.1) is 0 Å². The van der Waals surface area contributed by atoms with E-state index in [9.17, 15) is 23.4 Å². The smallest absolute Gasteiger partial charge is 0.333 e. The molecule has 1 aliphatic rings. The highest BCUT2D eigenvalue weighted by atomic mass is 35.5. The molecule has 1 aliphatic carbocycles. The summed E-state index contributed by atoms with van der Waals surface area (Å²) in [5, 5.41) is 33.4. The molecule has 3 aromatic rings. The molecule has 0 aliphatic heterocycles. The molecule has 1 fully saturated rings. The number of anilines is 1. The predicted molar refractivity (Wildman–Crippen MR) is 125 cm³/mol. The van der Waals surface area contributed by atoms with Gasteiger partial charge in [-0.3, -0.25) is 13.7 Å². The number of hydrogen-bond acceptors (Lipinski definition) is 10. The number of nitrogens with one attached hydrogen (secondary N) is 1. The Morgan fingerprint density at radius 1 is 1.26 bits per heavy atom. The monoisotopic (exact) mass is 522 g/mol. The molecule has 2 heterocycles. The number of halogens is 1. The summed E-state index contributed by atoms with van der Waals surface area (Å²) >= 11 is 6.20. The Hall–Kier alpha value is -2.94. The molecule has 5 N–H and O–H groups in total. The first-order chi connectivity index (χ1) is 16.6. The lowest BCUT2D eigenvalue weighted by Gasteiger charge is -2.19. The fraction of sp³-hybridized carbons (Fsp3) is 0.333. The quantitative estimate of drug-likeness (QED) is 0.286. The van der Waals surface area contributed by atoms with Crippen LogP contribution >= 0.6 is 11.6 Å². The first-order valence-corrected chi connectivity index (χ1v) is 12.4. The lowest BCUT2D eigenvalue weighted by molar-refractivity contribution is 0.00778. The molecule has 0 bridgehead atoms. The van der Waals surface area contributed by atoms with Crippen molar-refractivity contribution in [1.29, 1.82) is 0 Å². The number of nitrogens with zero attached hydrogens (tertiary/aromatic N) is 4. The Labute approximate surface area is 206 Å². The summed E-state index contributed by atoms with van der Waals surface area (Å²) in [4.78, 5) is 21.2. The Morgan fingerprint density at radius 3 is 2.77 bits per heavy atom. The molecule has 35 heavy (non-hydrogen) atoms. The summed E-state index contributed by atoms with van der Waals surface area (Å²) in [7, 11) is -4.19. The Balaban J connectivity index is 1.48. The van der Waals surface area contributed by atoms with Crippen molar-refractivity contribution in [3.05, 3.63) is 70.9 Å². The molecular weight excluding hydrogens is 500 g/mol. The van der Waals surface area contributed by atoms with Gasteiger partial charge in [0.15, 0.2) is 0 Å². The summed E-state index contributed by atoms with van der Waals surface area (Å²) in [5.41, 5.74) is 1.11. The first kappa shape index (κ1) is 25.2. The molecule has 0 unspecified atom stereocenters. The van der Waals surface area contributed by atoms with E-state index in [2.05, 4.69) is 24.6 Å². The molecule has 1 saturated carbocycles. The summed E-state index contributed by atoms with van der Waals surface area (Å²) in [5.74, 6) is -1.02. The predicted octanol–water partition coefficient (Wildman–Crippen LogP) is 0.348. The molecule has 4 rings (SSSR count). The number of rotatable bonds is 9. The molecule has 1 aromatic carbocycles. The standard InChI is InChI=1S/C21H23ClN6O6S/c22-15-4-2-1-3-12(15)9-28-6-5-16(27-28)19(30)14-8-24-11-25-21(14)26-17-7-13(18(29)20(17)31)10-34-35(23,32)33/h1-6,8,11,13,17-18,20,29,31H,7,9-10H2,(H2,23,32,33)(H,24,25,26)/t13-,17-,18-,20+/m1/s1. The number of benzene rings is 1. The van der Waals surface area contributed by atoms with E-state index < -0.39 is 46.9 Å². The maximum Gasteiger partial charge on any atom is 0.333 e. The Bertz CT molecular complexity index is 1320. The van der Waals surface area contributed by atoms with Gasteiger partial charge >= 0.3 is 10.3 Å². The van der Waals surface area contributed by atoms with E-state index in [0.29, 0.717) is 11.6 Å². The molecule has 2 aromatic heterocycles. The lowest BCUT2D eigenvalue weighted by atomic mass is 10.1. The van der Waals surface area contributed by atoms with Crippen molar-refractivity contribution in [3.8, 4) is 0 Å². The van der Waals surface area contributed by atoms with Crippen LogP contribution in [0.25, 0.3) is 0 Å². The van der Waals surface area contributed by atoms with Gasteiger partial charge in [0.25, 0.3) is 0 Å². The Kier molecular flexibility index (Phi) is 7.44. The third-order valence-corrected chi connectivity index (χ3v) is 6.52. The Morgan fingerprint density at radius 2 is 2.03 bits per heavy atom. The van der Waals surface area contributed by atoms with Crippen molar-refractivity contribution < 1.29 is 27.6 Å². The topological polar surface area (TPSA) is 183 Å². The molecule has 186 valence electrons. The van der Waals surface area contributed by atoms with Crippen molar-refractivity contribution in [3.63, 3.8) is 0 Å². The highest BCUT2D eigenvalue weighted by Crippen LogP contribution is 2.30. The van der Waals surface area contributed by atoms with Crippen molar-refractivity contribution in [2.75, 3.05) is 11.9 Å². The fourth-order valence-electron chi connectivity index (χ4n) is 3.91. The average Bonchev–Trinajstić information content (AvgIpc) is 3.39. The SMILES string of the molecule is NS(=O)(=O)OC[C@H]1C[C@@H](Nc2ncncc2C(=O)c2ccn(Cc3ccccc3Cl)n2)[C@H](O)[C@@H]1O. The zero-order valence-electron chi connectivity index (χ0n) is 18.2. The van der Waals surface area contributed by atoms with Crippen LogP contribution in [0.5, 0.6) is 0 Å². The van der Waals surface area contributed by atoms with Gasteiger partial charge in [0.2, 0.25) is 5.78 Å². The second-order valence-electron chi connectivity index (χ2n) is 8.11. The van der Waals surface area contributed by atoms with E-state index in [0.717, 1.165) is 5.56 Å². The number of aliphatic hydroxyl groups is 2. The number of carbonyl (C=O) groups is 1. The van der Waals surface area contributed by atoms with E-state index in [1.165, 1.54) is 12.5 Å². The van der Waals surface area contributed by atoms with Crippen molar-refractivity contribution >= 4 is 33.5 Å². The number of aliphatic hydroxyl groups excluding tert-OH is 2. The minimum atomic E-state index is -4.19. The van der Waals surface area contributed by atoms with E-state index >= 15 is 0 Å². The normalized spacial score (nSPS) is 22.3. The van der Waals surface area contributed by atoms with Gasteiger partial charge in [0.1, 0.15) is 23.9 Å². The number of aromatic nitrogens is 4. The fourth-order valence-corrected chi connectivity index (χ4v) is 4.47. The van der Waals surface area contributed by atoms with Gasteiger partial charge in [-0.2, -0.15) is 13.5 Å². The molecule has 0 amide bonds. The molecule has 14 heteroatoms. The van der Waals surface area contributed by atoms with E-state index in [1.807, 2.05) is 18.2 Å². The highest BCUT2D eigenvalue weighted by Gasteiger charge is 2.42. The van der Waals surface area contributed by atoms with Crippen LogP contribution in [0.15, 0.2) is 49.1 Å². The zero-order chi connectivity index (χ0) is 25.2. The van der Waals surface area contributed by atoms with E-state index in [-0.39, 0.29) is 23.5 Å². The number of ketones is 1. The van der Waals surface area contributed by atoms with Crippen LogP contribution in [0.2, 0.25) is 5.02 Å². The number of hydrogen-bond donors (Lipinski definition) is 4. The van der Waals surface area contributed by atoms with Crippen LogP contribution in [0.3, 0.4) is 0 Å². The second-order valence-corrected chi connectivity index (χ2v) is 9.74. The van der Waals surface area contributed by atoms with Crippen LogP contribution in [0, 0.1) is 5.92 Å². The third-order valence-electron chi connectivity index (χ3n) is 5.69. The molecule has 0 spiro atoms. The maximum atomic E-state index is 13.2. The average molecular weight is 523 g/mol. The van der Waals surface area contributed by atoms with Gasteiger partial charge in [0.05, 0.1) is 30.9 Å². The number of nitrogens with two attached hydrogens (primary N) is 1. The van der Waals surface area contributed by atoms with Crippen LogP contribution in [0.4, 0.5) is 5.82 Å². The summed E-state index contributed by atoms with van der Waals surface area (Å²) in [6.45, 7) is -0.0227. The van der Waals surface area contributed by atoms with Gasteiger partial charge in [-0.25, -0.2) is 15.1 Å². The van der Waals surface area contributed by atoms with Gasteiger partial charge in [0, 0.05) is 23.3 Å². The van der Waals surface area contributed by atoms with Crippen LogP contribution in [0.1, 0.15) is 28.0 Å². The lowest BCUT2D eigenvalue weighted by Crippen LogP contribution is -2.36. The first-order valence-electron chi connectivity index (χ1n) is 10.5. The van der Waals surface area contributed by atoms with Crippen molar-refractivity contribution in [2.24, 2.45) is 11.1 Å². The molecule has 4 atom stereocenters.